The van der Waals surface area contributed by atoms with Crippen molar-refractivity contribution in [3.63, 3.8) is 0 Å². The lowest BCUT2D eigenvalue weighted by Gasteiger charge is -2.62. The van der Waals surface area contributed by atoms with E-state index in [-0.39, 0.29) is 0 Å². The lowest BCUT2D eigenvalue weighted by molar-refractivity contribution is -0.392. The summed E-state index contributed by atoms with van der Waals surface area (Å²) in [6.07, 6.45) is -0.495. The molecule has 4 aliphatic carbocycles. The first-order chi connectivity index (χ1) is 13.8. The molecule has 1 aromatic rings. The molecule has 164 valence electrons. The van der Waals surface area contributed by atoms with Gasteiger partial charge in [0.15, 0.2) is 5.69 Å². The minimum absolute atomic E-state index is 0.318. The molecule has 11 heteroatoms. The lowest BCUT2D eigenvalue weighted by Crippen LogP contribution is -2.60. The van der Waals surface area contributed by atoms with E-state index in [4.69, 9.17) is 0 Å². The SMILES string of the molecule is C[C@H](Nc1c([N+](=O)[O-])cc(C(F)(F)F)cc1[N+](=O)[O-])C12C[C@@H]3C[C@@H](CC(O)(C3)C1)C2. The summed E-state index contributed by atoms with van der Waals surface area (Å²) in [7, 11) is 0. The summed E-state index contributed by atoms with van der Waals surface area (Å²) < 4.78 is 39.4. The van der Waals surface area contributed by atoms with E-state index in [1.54, 1.807) is 6.92 Å². The third-order valence-corrected chi connectivity index (χ3v) is 7.17. The van der Waals surface area contributed by atoms with E-state index in [0.29, 0.717) is 43.2 Å². The zero-order chi connectivity index (χ0) is 22.1. The predicted molar refractivity (Wildman–Crippen MR) is 99.9 cm³/mol. The Kier molecular flexibility index (Phi) is 4.53. The zero-order valence-corrected chi connectivity index (χ0v) is 16.2. The van der Waals surface area contributed by atoms with Crippen LogP contribution < -0.4 is 5.32 Å². The van der Waals surface area contributed by atoms with Gasteiger partial charge >= 0.3 is 6.18 Å². The molecule has 0 radical (unpaired) electrons. The Bertz CT molecular complexity index is 870. The van der Waals surface area contributed by atoms with Crippen LogP contribution in [-0.2, 0) is 6.18 Å². The number of benzene rings is 1. The highest BCUT2D eigenvalue weighted by molar-refractivity contribution is 5.75. The largest absolute Gasteiger partial charge is 0.416 e. The first-order valence-corrected chi connectivity index (χ1v) is 9.85. The number of rotatable bonds is 5. The Balaban J connectivity index is 1.74. The minimum Gasteiger partial charge on any atom is -0.390 e. The van der Waals surface area contributed by atoms with Crippen molar-refractivity contribution < 1.29 is 28.1 Å². The number of nitro benzene ring substituents is 2. The standard InChI is InChI=1S/C19H22F3N3O5/c1-10(17-5-11-2-12(6-17)8-18(26,7-11)9-17)23-16-14(24(27)28)3-13(19(20,21)22)4-15(16)25(29)30/h3-4,10-12,23,26H,2,5-9H2,1H3/t10-,11-,12+,17?,18?/m0/s1. The number of anilines is 1. The van der Waals surface area contributed by atoms with E-state index in [1.165, 1.54) is 0 Å². The van der Waals surface area contributed by atoms with Gasteiger partial charge in [-0.15, -0.1) is 0 Å². The molecule has 0 saturated heterocycles. The fourth-order valence-electron chi connectivity index (χ4n) is 6.37. The van der Waals surface area contributed by atoms with Crippen LogP contribution in [0.2, 0.25) is 0 Å². The van der Waals surface area contributed by atoms with Gasteiger partial charge < -0.3 is 10.4 Å². The summed E-state index contributed by atoms with van der Waals surface area (Å²) in [5, 5.41) is 36.7. The van der Waals surface area contributed by atoms with Gasteiger partial charge in [0.2, 0.25) is 0 Å². The van der Waals surface area contributed by atoms with Crippen LogP contribution in [0, 0.1) is 37.5 Å². The first-order valence-electron chi connectivity index (χ1n) is 9.85. The fourth-order valence-corrected chi connectivity index (χ4v) is 6.37. The second-order valence-corrected chi connectivity index (χ2v) is 9.32. The van der Waals surface area contributed by atoms with Crippen molar-refractivity contribution in [2.75, 3.05) is 5.32 Å². The molecule has 30 heavy (non-hydrogen) atoms. The van der Waals surface area contributed by atoms with Crippen LogP contribution in [0.15, 0.2) is 12.1 Å². The molecule has 0 heterocycles. The molecule has 4 saturated carbocycles. The molecule has 8 nitrogen and oxygen atoms in total. The van der Waals surface area contributed by atoms with Crippen molar-refractivity contribution in [3.8, 4) is 0 Å². The summed E-state index contributed by atoms with van der Waals surface area (Å²) in [6, 6.07) is 0.161. The van der Waals surface area contributed by atoms with Crippen LogP contribution in [0.25, 0.3) is 0 Å². The van der Waals surface area contributed by atoms with Crippen LogP contribution >= 0.6 is 0 Å². The summed E-state index contributed by atoms with van der Waals surface area (Å²) in [5.41, 5.74) is -5.14. The molecule has 4 bridgehead atoms. The Morgan fingerprint density at radius 2 is 1.60 bits per heavy atom. The average Bonchev–Trinajstić information content (AvgIpc) is 2.58. The molecule has 0 amide bonds. The number of hydrogen-bond donors (Lipinski definition) is 2. The van der Waals surface area contributed by atoms with Gasteiger partial charge in [-0.05, 0) is 62.7 Å². The van der Waals surface area contributed by atoms with Crippen molar-refractivity contribution in [1.29, 1.82) is 0 Å². The highest BCUT2D eigenvalue weighted by Crippen LogP contribution is 2.63. The summed E-state index contributed by atoms with van der Waals surface area (Å²) in [6.45, 7) is 1.74. The molecule has 0 spiro atoms. The third-order valence-electron chi connectivity index (χ3n) is 7.17. The monoisotopic (exact) mass is 429 g/mol. The van der Waals surface area contributed by atoms with Gasteiger partial charge in [0.25, 0.3) is 11.4 Å². The van der Waals surface area contributed by atoms with Crippen LogP contribution in [0.4, 0.5) is 30.2 Å². The van der Waals surface area contributed by atoms with E-state index in [1.807, 2.05) is 0 Å². The van der Waals surface area contributed by atoms with E-state index >= 15 is 0 Å². The Labute approximate surface area is 169 Å². The van der Waals surface area contributed by atoms with Crippen molar-refractivity contribution in [2.45, 2.75) is 63.3 Å². The molecule has 2 N–H and O–H groups in total. The number of nitrogens with one attached hydrogen (secondary N) is 1. The Morgan fingerprint density at radius 3 is 2.00 bits per heavy atom. The van der Waals surface area contributed by atoms with Crippen LogP contribution in [0.1, 0.15) is 51.0 Å². The van der Waals surface area contributed by atoms with E-state index in [9.17, 15) is 38.5 Å². The second kappa shape index (κ2) is 6.53. The smallest absolute Gasteiger partial charge is 0.390 e. The summed E-state index contributed by atoms with van der Waals surface area (Å²) >= 11 is 0. The number of hydrogen-bond acceptors (Lipinski definition) is 6. The van der Waals surface area contributed by atoms with E-state index in [2.05, 4.69) is 5.32 Å². The molecule has 4 fully saturated rings. The topological polar surface area (TPSA) is 119 Å². The van der Waals surface area contributed by atoms with Gasteiger partial charge in [-0.1, -0.05) is 0 Å². The number of alkyl halides is 3. The highest BCUT2D eigenvalue weighted by atomic mass is 19.4. The maximum absolute atomic E-state index is 13.1. The van der Waals surface area contributed by atoms with Crippen LogP contribution in [0.3, 0.4) is 0 Å². The number of nitro groups is 2. The van der Waals surface area contributed by atoms with Gasteiger partial charge in [-0.3, -0.25) is 20.2 Å². The molecular formula is C19H22F3N3O5. The number of aliphatic hydroxyl groups is 1. The average molecular weight is 429 g/mol. The van der Waals surface area contributed by atoms with Crippen molar-refractivity contribution >= 4 is 17.1 Å². The highest BCUT2D eigenvalue weighted by Gasteiger charge is 2.59. The third kappa shape index (κ3) is 3.38. The van der Waals surface area contributed by atoms with Gasteiger partial charge in [0.1, 0.15) is 0 Å². The maximum atomic E-state index is 13.1. The van der Waals surface area contributed by atoms with E-state index in [0.717, 1.165) is 19.3 Å². The van der Waals surface area contributed by atoms with Crippen molar-refractivity contribution in [2.24, 2.45) is 17.3 Å². The normalized spacial score (nSPS) is 33.4. The molecule has 1 aromatic carbocycles. The molecule has 2 unspecified atom stereocenters. The van der Waals surface area contributed by atoms with Gasteiger partial charge in [0, 0.05) is 18.2 Å². The quantitative estimate of drug-likeness (QED) is 0.519. The molecule has 5 rings (SSSR count). The van der Waals surface area contributed by atoms with Gasteiger partial charge in [0.05, 0.1) is 21.0 Å². The number of halogens is 3. The molecule has 4 aliphatic rings. The minimum atomic E-state index is -4.96. The van der Waals surface area contributed by atoms with Crippen molar-refractivity contribution in [3.05, 3.63) is 37.9 Å². The predicted octanol–water partition coefficient (Wildman–Crippen LogP) is 4.65. The summed E-state index contributed by atoms with van der Waals surface area (Å²) in [4.78, 5) is 20.9. The molecule has 5 atom stereocenters. The Morgan fingerprint density at radius 1 is 1.10 bits per heavy atom. The first kappa shape index (κ1) is 20.8. The zero-order valence-electron chi connectivity index (χ0n) is 16.2. The Hall–Kier alpha value is -2.43. The number of nitrogens with zero attached hydrogens (tertiary/aromatic N) is 2. The molecule has 0 aromatic heterocycles. The maximum Gasteiger partial charge on any atom is 0.416 e. The second-order valence-electron chi connectivity index (χ2n) is 9.32. The van der Waals surface area contributed by atoms with Gasteiger partial charge in [-0.25, -0.2) is 0 Å². The summed E-state index contributed by atoms with van der Waals surface area (Å²) in [5.74, 6) is 0.635. The van der Waals surface area contributed by atoms with Crippen molar-refractivity contribution in [1.82, 2.24) is 0 Å². The van der Waals surface area contributed by atoms with Crippen LogP contribution in [0.5, 0.6) is 0 Å². The lowest BCUT2D eigenvalue weighted by atomic mass is 9.46. The van der Waals surface area contributed by atoms with Crippen LogP contribution in [-0.4, -0.2) is 26.6 Å². The molecular weight excluding hydrogens is 407 g/mol. The fraction of sp³-hybridized carbons (Fsp3) is 0.684. The van der Waals surface area contributed by atoms with Gasteiger partial charge in [-0.2, -0.15) is 13.2 Å². The van der Waals surface area contributed by atoms with E-state index < -0.39 is 55.7 Å². The molecule has 0 aliphatic heterocycles.